The van der Waals surface area contributed by atoms with Crippen LogP contribution in [0.4, 0.5) is 0 Å². The van der Waals surface area contributed by atoms with E-state index in [0.717, 1.165) is 23.1 Å². The number of aromatic amines is 1. The second-order valence-corrected chi connectivity index (χ2v) is 9.84. The van der Waals surface area contributed by atoms with Crippen LogP contribution in [0.1, 0.15) is 50.9 Å². The maximum Gasteiger partial charge on any atom is 0.0812 e. The smallest absolute Gasteiger partial charge is 0.0812 e. The SMILES string of the molecule is CC(C)(C)c1cc2cc(CC(C)(C)c3cc4ncccc4s3)ncc2[nH]1. The van der Waals surface area contributed by atoms with Crippen molar-refractivity contribution in [1.82, 2.24) is 15.0 Å². The summed E-state index contributed by atoms with van der Waals surface area (Å²) < 4.78 is 1.25. The first-order valence-electron chi connectivity index (χ1n) is 9.06. The van der Waals surface area contributed by atoms with Crippen LogP contribution in [0.25, 0.3) is 21.1 Å². The van der Waals surface area contributed by atoms with Gasteiger partial charge in [0.2, 0.25) is 0 Å². The second kappa shape index (κ2) is 5.92. The van der Waals surface area contributed by atoms with Gasteiger partial charge in [-0.3, -0.25) is 9.97 Å². The van der Waals surface area contributed by atoms with Gasteiger partial charge in [0, 0.05) is 38.7 Å². The third kappa shape index (κ3) is 3.14. The third-order valence-corrected chi connectivity index (χ3v) is 6.40. The minimum absolute atomic E-state index is 0.0230. The molecule has 4 aromatic rings. The number of H-pyrrole nitrogens is 1. The predicted octanol–water partition coefficient (Wildman–Crippen LogP) is 5.99. The molecule has 0 spiro atoms. The van der Waals surface area contributed by atoms with Crippen molar-refractivity contribution in [1.29, 1.82) is 0 Å². The average Bonchev–Trinajstić information content (AvgIpc) is 3.18. The van der Waals surface area contributed by atoms with E-state index in [1.807, 2.05) is 29.8 Å². The number of pyridine rings is 2. The minimum atomic E-state index is 0.0230. The zero-order valence-corrected chi connectivity index (χ0v) is 16.9. The molecule has 0 saturated carbocycles. The minimum Gasteiger partial charge on any atom is -0.357 e. The Labute approximate surface area is 158 Å². The Morgan fingerprint density at radius 2 is 1.85 bits per heavy atom. The predicted molar refractivity (Wildman–Crippen MR) is 111 cm³/mol. The zero-order valence-electron chi connectivity index (χ0n) is 16.1. The Balaban J connectivity index is 1.66. The number of nitrogens with zero attached hydrogens (tertiary/aromatic N) is 2. The molecule has 0 saturated heterocycles. The van der Waals surface area contributed by atoms with Crippen molar-refractivity contribution in [3.8, 4) is 0 Å². The summed E-state index contributed by atoms with van der Waals surface area (Å²) in [5.41, 5.74) is 4.72. The molecule has 0 aliphatic heterocycles. The quantitative estimate of drug-likeness (QED) is 0.486. The summed E-state index contributed by atoms with van der Waals surface area (Å²) in [5.74, 6) is 0. The number of fused-ring (bicyclic) bond motifs is 2. The Kier molecular flexibility index (Phi) is 3.92. The molecule has 4 aromatic heterocycles. The van der Waals surface area contributed by atoms with Crippen LogP contribution in [0.2, 0.25) is 0 Å². The van der Waals surface area contributed by atoms with E-state index in [-0.39, 0.29) is 10.8 Å². The molecule has 4 rings (SSSR count). The van der Waals surface area contributed by atoms with E-state index in [1.165, 1.54) is 20.7 Å². The van der Waals surface area contributed by atoms with Gasteiger partial charge in [-0.25, -0.2) is 0 Å². The van der Waals surface area contributed by atoms with Crippen molar-refractivity contribution >= 4 is 32.5 Å². The number of nitrogens with one attached hydrogen (secondary N) is 1. The molecule has 4 heterocycles. The van der Waals surface area contributed by atoms with Crippen LogP contribution >= 0.6 is 11.3 Å². The number of rotatable bonds is 3. The van der Waals surface area contributed by atoms with E-state index in [4.69, 9.17) is 4.98 Å². The largest absolute Gasteiger partial charge is 0.357 e. The summed E-state index contributed by atoms with van der Waals surface area (Å²) in [7, 11) is 0. The molecular weight excluding hydrogens is 338 g/mol. The van der Waals surface area contributed by atoms with Gasteiger partial charge in [-0.15, -0.1) is 11.3 Å². The highest BCUT2D eigenvalue weighted by molar-refractivity contribution is 7.19. The highest BCUT2D eigenvalue weighted by atomic mass is 32.1. The summed E-state index contributed by atoms with van der Waals surface area (Å²) in [4.78, 5) is 14.1. The molecule has 0 aliphatic carbocycles. The standard InChI is InChI=1S/C22H25N3S/c1-21(2,3)19-10-14-9-15(24-13-17(14)25-19)12-22(4,5)20-11-16-18(26-20)7-6-8-23-16/h6-11,13,25H,12H2,1-5H3. The Morgan fingerprint density at radius 3 is 2.58 bits per heavy atom. The van der Waals surface area contributed by atoms with Crippen molar-refractivity contribution in [2.24, 2.45) is 0 Å². The molecule has 0 atom stereocenters. The number of hydrogen-bond acceptors (Lipinski definition) is 3. The Bertz CT molecular complexity index is 1050. The zero-order chi connectivity index (χ0) is 18.5. The fraction of sp³-hybridized carbons (Fsp3) is 0.364. The van der Waals surface area contributed by atoms with Crippen LogP contribution in [-0.2, 0) is 17.3 Å². The number of hydrogen-bond donors (Lipinski definition) is 1. The highest BCUT2D eigenvalue weighted by Gasteiger charge is 2.25. The van der Waals surface area contributed by atoms with Gasteiger partial charge in [0.05, 0.1) is 21.9 Å². The molecule has 26 heavy (non-hydrogen) atoms. The maximum absolute atomic E-state index is 4.72. The first-order valence-corrected chi connectivity index (χ1v) is 9.87. The molecule has 0 amide bonds. The average molecular weight is 364 g/mol. The topological polar surface area (TPSA) is 41.6 Å². The Morgan fingerprint density at radius 1 is 1.04 bits per heavy atom. The molecule has 0 aromatic carbocycles. The van der Waals surface area contributed by atoms with Crippen LogP contribution in [-0.4, -0.2) is 15.0 Å². The van der Waals surface area contributed by atoms with E-state index < -0.39 is 0 Å². The molecular formula is C22H25N3S. The summed E-state index contributed by atoms with van der Waals surface area (Å²) >= 11 is 1.84. The summed E-state index contributed by atoms with van der Waals surface area (Å²) in [5, 5.41) is 1.24. The lowest BCUT2D eigenvalue weighted by atomic mass is 9.85. The van der Waals surface area contributed by atoms with E-state index in [1.54, 1.807) is 0 Å². The van der Waals surface area contributed by atoms with Crippen LogP contribution in [0.5, 0.6) is 0 Å². The van der Waals surface area contributed by atoms with Gasteiger partial charge >= 0.3 is 0 Å². The molecule has 0 aliphatic rings. The van der Waals surface area contributed by atoms with Crippen molar-refractivity contribution < 1.29 is 0 Å². The highest BCUT2D eigenvalue weighted by Crippen LogP contribution is 2.36. The molecule has 1 N–H and O–H groups in total. The summed E-state index contributed by atoms with van der Waals surface area (Å²) in [6, 6.07) is 10.9. The van der Waals surface area contributed by atoms with Crippen molar-refractivity contribution in [2.45, 2.75) is 51.9 Å². The lowest BCUT2D eigenvalue weighted by Crippen LogP contribution is -2.19. The van der Waals surface area contributed by atoms with E-state index >= 15 is 0 Å². The van der Waals surface area contributed by atoms with Gasteiger partial charge in [0.25, 0.3) is 0 Å². The summed E-state index contributed by atoms with van der Waals surface area (Å²) in [6.45, 7) is 11.3. The van der Waals surface area contributed by atoms with Crippen LogP contribution in [0, 0.1) is 0 Å². The van der Waals surface area contributed by atoms with Gasteiger partial charge in [-0.05, 0) is 36.8 Å². The van der Waals surface area contributed by atoms with E-state index in [2.05, 4.69) is 68.9 Å². The molecule has 0 bridgehead atoms. The fourth-order valence-corrected chi connectivity index (χ4v) is 4.44. The first-order chi connectivity index (χ1) is 12.2. The van der Waals surface area contributed by atoms with Gasteiger partial charge < -0.3 is 4.98 Å². The van der Waals surface area contributed by atoms with Gasteiger partial charge in [0.15, 0.2) is 0 Å². The lowest BCUT2D eigenvalue weighted by molar-refractivity contribution is 0.527. The van der Waals surface area contributed by atoms with E-state index in [9.17, 15) is 0 Å². The molecule has 0 unspecified atom stereocenters. The summed E-state index contributed by atoms with van der Waals surface area (Å²) in [6.07, 6.45) is 4.74. The molecule has 0 radical (unpaired) electrons. The number of aromatic nitrogens is 3. The molecule has 4 heteroatoms. The van der Waals surface area contributed by atoms with Crippen molar-refractivity contribution in [2.75, 3.05) is 0 Å². The fourth-order valence-electron chi connectivity index (χ4n) is 3.32. The monoisotopic (exact) mass is 363 g/mol. The van der Waals surface area contributed by atoms with Crippen LogP contribution < -0.4 is 0 Å². The van der Waals surface area contributed by atoms with Crippen LogP contribution in [0.3, 0.4) is 0 Å². The second-order valence-electron chi connectivity index (χ2n) is 8.75. The molecule has 0 fully saturated rings. The van der Waals surface area contributed by atoms with Gasteiger partial charge in [-0.1, -0.05) is 34.6 Å². The van der Waals surface area contributed by atoms with Gasteiger partial charge in [0.1, 0.15) is 0 Å². The molecule has 3 nitrogen and oxygen atoms in total. The normalized spacial score (nSPS) is 13.0. The maximum atomic E-state index is 4.72. The lowest BCUT2D eigenvalue weighted by Gasteiger charge is -2.22. The van der Waals surface area contributed by atoms with Crippen molar-refractivity contribution in [3.05, 3.63) is 59.0 Å². The van der Waals surface area contributed by atoms with Crippen LogP contribution in [0.15, 0.2) is 42.7 Å². The van der Waals surface area contributed by atoms with E-state index in [0.29, 0.717) is 0 Å². The first kappa shape index (κ1) is 17.2. The Hall–Kier alpha value is -2.20. The third-order valence-electron chi connectivity index (χ3n) is 4.95. The van der Waals surface area contributed by atoms with Gasteiger partial charge in [-0.2, -0.15) is 0 Å². The van der Waals surface area contributed by atoms with Crippen molar-refractivity contribution in [3.63, 3.8) is 0 Å². The number of thiophene rings is 1. The molecule has 134 valence electrons.